The first-order chi connectivity index (χ1) is 18.0. The number of alkyl halides is 2. The normalized spacial score (nSPS) is 11.7. The molecule has 38 heavy (non-hydrogen) atoms. The number of fused-ring (bicyclic) bond motifs is 1. The number of amides is 1. The molecule has 5 aromatic rings. The summed E-state index contributed by atoms with van der Waals surface area (Å²) >= 11 is 0. The van der Waals surface area contributed by atoms with E-state index < -0.39 is 6.43 Å². The molecule has 0 fully saturated rings. The second-order valence-corrected chi connectivity index (χ2v) is 9.40. The number of nitrogens with zero attached hydrogens (tertiary/aromatic N) is 9. The van der Waals surface area contributed by atoms with Crippen LogP contribution in [-0.4, -0.2) is 50.0 Å². The topological polar surface area (TPSA) is 113 Å². The molecule has 0 aromatic carbocycles. The van der Waals surface area contributed by atoms with Gasteiger partial charge in [0.1, 0.15) is 13.2 Å². The molecule has 0 saturated carbocycles. The molecule has 198 valence electrons. The van der Waals surface area contributed by atoms with Crippen molar-refractivity contribution in [2.75, 3.05) is 5.32 Å². The van der Waals surface area contributed by atoms with Crippen molar-refractivity contribution in [2.45, 2.75) is 54.3 Å². The summed E-state index contributed by atoms with van der Waals surface area (Å²) in [5.74, 6) is -0.376. The highest BCUT2D eigenvalue weighted by molar-refractivity contribution is 5.93. The molecule has 11 nitrogen and oxygen atoms in total. The van der Waals surface area contributed by atoms with Crippen molar-refractivity contribution in [3.05, 3.63) is 58.6 Å². The highest BCUT2D eigenvalue weighted by Gasteiger charge is 2.23. The van der Waals surface area contributed by atoms with Crippen LogP contribution in [0.15, 0.2) is 24.5 Å². The van der Waals surface area contributed by atoms with E-state index in [9.17, 15) is 13.6 Å². The molecule has 0 aliphatic rings. The lowest BCUT2D eigenvalue weighted by Crippen LogP contribution is -2.21. The molecule has 1 amide bonds. The number of carbonyl (C=O) groups excluding carboxylic acids is 1. The van der Waals surface area contributed by atoms with Crippen LogP contribution in [0, 0.1) is 34.6 Å². The molecule has 13 heteroatoms. The molecule has 5 aromatic heterocycles. The highest BCUT2D eigenvalue weighted by Crippen LogP contribution is 2.33. The third kappa shape index (κ3) is 4.55. The van der Waals surface area contributed by atoms with Gasteiger partial charge in [-0.1, -0.05) is 0 Å². The van der Waals surface area contributed by atoms with E-state index in [0.29, 0.717) is 35.0 Å². The Balaban J connectivity index is 1.44. The van der Waals surface area contributed by atoms with Gasteiger partial charge in [0.2, 0.25) is 5.91 Å². The molecule has 0 unspecified atom stereocenters. The van der Waals surface area contributed by atoms with Gasteiger partial charge in [-0.3, -0.25) is 9.48 Å². The van der Waals surface area contributed by atoms with E-state index >= 15 is 0 Å². The molecule has 0 bridgehead atoms. The van der Waals surface area contributed by atoms with Crippen molar-refractivity contribution in [1.29, 1.82) is 0 Å². The summed E-state index contributed by atoms with van der Waals surface area (Å²) in [4.78, 5) is 17.7. The van der Waals surface area contributed by atoms with Crippen LogP contribution in [0.5, 0.6) is 0 Å². The van der Waals surface area contributed by atoms with Crippen LogP contribution in [0.2, 0.25) is 0 Å². The van der Waals surface area contributed by atoms with E-state index in [4.69, 9.17) is 0 Å². The van der Waals surface area contributed by atoms with Crippen molar-refractivity contribution < 1.29 is 13.6 Å². The fourth-order valence-electron chi connectivity index (χ4n) is 4.65. The zero-order valence-electron chi connectivity index (χ0n) is 22.0. The van der Waals surface area contributed by atoms with Crippen LogP contribution >= 0.6 is 0 Å². The van der Waals surface area contributed by atoms with E-state index in [1.165, 1.54) is 10.7 Å². The van der Waals surface area contributed by atoms with E-state index in [2.05, 4.69) is 30.7 Å². The zero-order chi connectivity index (χ0) is 27.3. The van der Waals surface area contributed by atoms with E-state index in [0.717, 1.165) is 17.1 Å². The number of hydrogen-bond acceptors (Lipinski definition) is 6. The summed E-state index contributed by atoms with van der Waals surface area (Å²) in [6.07, 6.45) is 0.511. The predicted molar refractivity (Wildman–Crippen MR) is 137 cm³/mol. The Hall–Kier alpha value is -4.42. The van der Waals surface area contributed by atoms with E-state index in [1.54, 1.807) is 35.7 Å². The zero-order valence-corrected chi connectivity index (χ0v) is 22.0. The molecular formula is C25H28F2N10O. The largest absolute Gasteiger partial charge is 0.321 e. The maximum Gasteiger partial charge on any atom is 0.264 e. The molecule has 5 heterocycles. The summed E-state index contributed by atoms with van der Waals surface area (Å²) in [5, 5.41) is 20.7. The van der Waals surface area contributed by atoms with Gasteiger partial charge >= 0.3 is 0 Å². The first kappa shape index (κ1) is 25.2. The van der Waals surface area contributed by atoms with Gasteiger partial charge in [-0.05, 0) is 46.8 Å². The van der Waals surface area contributed by atoms with Crippen molar-refractivity contribution in [3.63, 3.8) is 0 Å². The van der Waals surface area contributed by atoms with Gasteiger partial charge in [-0.25, -0.2) is 27.8 Å². The molecular weight excluding hydrogens is 494 g/mol. The van der Waals surface area contributed by atoms with E-state index in [-0.39, 0.29) is 29.0 Å². The van der Waals surface area contributed by atoms with Gasteiger partial charge in [0, 0.05) is 30.1 Å². The maximum atomic E-state index is 14.0. The van der Waals surface area contributed by atoms with Gasteiger partial charge < -0.3 is 5.32 Å². The van der Waals surface area contributed by atoms with Crippen molar-refractivity contribution in [1.82, 2.24) is 44.1 Å². The fourth-order valence-corrected chi connectivity index (χ4v) is 4.65. The van der Waals surface area contributed by atoms with Gasteiger partial charge in [-0.15, -0.1) is 0 Å². The van der Waals surface area contributed by atoms with E-state index in [1.807, 2.05) is 38.4 Å². The standard InChI is InChI=1S/C25H28F2N10O/c1-13-7-14(2)36(31-13)12-37-17(5)23(16(4)33-37)30-21(38)11-35-25-22(15(3)32-35)19(24(26)27)8-20(29-25)18-9-28-34(6)10-18/h7-10,24H,11-12H2,1-6H3,(H,30,38). The average molecular weight is 523 g/mol. The minimum atomic E-state index is -2.74. The third-order valence-electron chi connectivity index (χ3n) is 6.45. The monoisotopic (exact) mass is 522 g/mol. The smallest absolute Gasteiger partial charge is 0.264 e. The average Bonchev–Trinajstić information content (AvgIpc) is 3.57. The number of carbonyl (C=O) groups is 1. The Morgan fingerprint density at radius 2 is 1.74 bits per heavy atom. The van der Waals surface area contributed by atoms with Crippen LogP contribution in [-0.2, 0) is 25.1 Å². The summed E-state index contributed by atoms with van der Waals surface area (Å²) < 4.78 is 34.6. The van der Waals surface area contributed by atoms with Crippen LogP contribution in [0.4, 0.5) is 14.5 Å². The Morgan fingerprint density at radius 3 is 2.37 bits per heavy atom. The fraction of sp³-hybridized carbons (Fsp3) is 0.360. The molecule has 0 aliphatic carbocycles. The number of hydrogen-bond donors (Lipinski definition) is 1. The minimum Gasteiger partial charge on any atom is -0.321 e. The second-order valence-electron chi connectivity index (χ2n) is 9.40. The second kappa shape index (κ2) is 9.47. The summed E-state index contributed by atoms with van der Waals surface area (Å²) in [5.41, 5.74) is 5.24. The Morgan fingerprint density at radius 1 is 1.00 bits per heavy atom. The molecule has 0 saturated heterocycles. The molecule has 0 radical (unpaired) electrons. The number of halogens is 2. The maximum absolute atomic E-state index is 14.0. The van der Waals surface area contributed by atoms with Crippen LogP contribution < -0.4 is 5.32 Å². The molecule has 5 rings (SSSR count). The van der Waals surface area contributed by atoms with Crippen LogP contribution in [0.1, 0.15) is 40.5 Å². The quantitative estimate of drug-likeness (QED) is 0.347. The number of rotatable bonds is 7. The number of nitrogens with one attached hydrogen (secondary N) is 1. The Kier molecular flexibility index (Phi) is 6.29. The Labute approximate surface area is 217 Å². The highest BCUT2D eigenvalue weighted by atomic mass is 19.3. The number of anilines is 1. The van der Waals surface area contributed by atoms with Gasteiger partial charge in [0.15, 0.2) is 5.65 Å². The SMILES string of the molecule is Cc1cc(C)n(Cn2nc(C)c(NC(=O)Cn3nc(C)c4c(C(F)F)cc(-c5cnn(C)c5)nc43)c2C)n1. The van der Waals surface area contributed by atoms with Gasteiger partial charge in [0.25, 0.3) is 6.43 Å². The first-order valence-corrected chi connectivity index (χ1v) is 12.0. The number of aromatic nitrogens is 9. The lowest BCUT2D eigenvalue weighted by Gasteiger charge is -2.10. The summed E-state index contributed by atoms with van der Waals surface area (Å²) in [6, 6.07) is 3.34. The summed E-state index contributed by atoms with van der Waals surface area (Å²) in [6.45, 7) is 9.40. The van der Waals surface area contributed by atoms with Gasteiger partial charge in [-0.2, -0.15) is 20.4 Å². The number of pyridine rings is 1. The lowest BCUT2D eigenvalue weighted by molar-refractivity contribution is -0.116. The van der Waals surface area contributed by atoms with Crippen molar-refractivity contribution in [2.24, 2.45) is 7.05 Å². The molecule has 0 atom stereocenters. The third-order valence-corrected chi connectivity index (χ3v) is 6.45. The van der Waals surface area contributed by atoms with Crippen molar-refractivity contribution in [3.8, 4) is 11.3 Å². The Bertz CT molecular complexity index is 1670. The first-order valence-electron chi connectivity index (χ1n) is 12.0. The molecule has 0 aliphatic heterocycles. The van der Waals surface area contributed by atoms with Crippen molar-refractivity contribution >= 4 is 22.6 Å². The lowest BCUT2D eigenvalue weighted by atomic mass is 10.1. The number of aryl methyl sites for hydroxylation is 5. The predicted octanol–water partition coefficient (Wildman–Crippen LogP) is 3.85. The van der Waals surface area contributed by atoms with Crippen LogP contribution in [0.3, 0.4) is 0 Å². The minimum absolute atomic E-state index is 0.185. The van der Waals surface area contributed by atoms with Gasteiger partial charge in [0.05, 0.1) is 45.7 Å². The summed E-state index contributed by atoms with van der Waals surface area (Å²) in [7, 11) is 1.73. The van der Waals surface area contributed by atoms with Crippen LogP contribution in [0.25, 0.3) is 22.3 Å². The molecule has 1 N–H and O–H groups in total. The molecule has 0 spiro atoms.